The summed E-state index contributed by atoms with van der Waals surface area (Å²) in [6.07, 6.45) is 17.1. The van der Waals surface area contributed by atoms with Gasteiger partial charge in [0.05, 0.1) is 13.2 Å². The molecule has 0 amide bonds. The van der Waals surface area contributed by atoms with Crippen LogP contribution in [0.4, 0.5) is 0 Å². The molecule has 1 aliphatic heterocycles. The fourth-order valence-corrected chi connectivity index (χ4v) is 2.92. The van der Waals surface area contributed by atoms with E-state index in [-0.39, 0.29) is 0 Å². The Labute approximate surface area is 132 Å². The van der Waals surface area contributed by atoms with Crippen molar-refractivity contribution in [2.45, 2.75) is 84.0 Å². The topological polar surface area (TPSA) is 24.5 Å². The van der Waals surface area contributed by atoms with Crippen molar-refractivity contribution in [3.63, 3.8) is 0 Å². The molecule has 126 valence electrons. The van der Waals surface area contributed by atoms with Crippen LogP contribution in [0.5, 0.6) is 0 Å². The Morgan fingerprint density at radius 3 is 1.71 bits per heavy atom. The molecule has 0 aliphatic carbocycles. The van der Waals surface area contributed by atoms with E-state index >= 15 is 0 Å². The highest BCUT2D eigenvalue weighted by Crippen LogP contribution is 2.11. The summed E-state index contributed by atoms with van der Waals surface area (Å²) < 4.78 is 5.34. The van der Waals surface area contributed by atoms with Gasteiger partial charge in [0.15, 0.2) is 0 Å². The molecule has 0 saturated carbocycles. The van der Waals surface area contributed by atoms with Crippen LogP contribution < -0.4 is 5.43 Å². The molecular weight excluding hydrogens is 260 g/mol. The smallest absolute Gasteiger partial charge is 0.0608 e. The lowest BCUT2D eigenvalue weighted by molar-refractivity contribution is 0.0118. The third kappa shape index (κ3) is 12.1. The van der Waals surface area contributed by atoms with E-state index in [1.807, 2.05) is 0 Å². The average Bonchev–Trinajstić information content (AvgIpc) is 2.53. The minimum atomic E-state index is 0.880. The molecule has 0 aromatic rings. The summed E-state index contributed by atoms with van der Waals surface area (Å²) in [6.45, 7) is 7.27. The van der Waals surface area contributed by atoms with E-state index in [0.717, 1.165) is 32.8 Å². The molecule has 3 nitrogen and oxygen atoms in total. The lowest BCUT2D eigenvalue weighted by atomic mass is 10.1. The first-order valence-electron chi connectivity index (χ1n) is 9.49. The molecule has 1 saturated heterocycles. The minimum Gasteiger partial charge on any atom is -0.379 e. The molecule has 3 heteroatoms. The van der Waals surface area contributed by atoms with Gasteiger partial charge in [-0.1, -0.05) is 77.6 Å². The second-order valence-corrected chi connectivity index (χ2v) is 6.40. The van der Waals surface area contributed by atoms with E-state index in [2.05, 4.69) is 17.4 Å². The maximum absolute atomic E-state index is 5.34. The molecule has 0 bridgehead atoms. The van der Waals surface area contributed by atoms with Crippen LogP contribution in [0.1, 0.15) is 84.0 Å². The van der Waals surface area contributed by atoms with Crippen molar-refractivity contribution in [3.05, 3.63) is 0 Å². The van der Waals surface area contributed by atoms with Gasteiger partial charge in [-0.25, -0.2) is 5.01 Å². The van der Waals surface area contributed by atoms with E-state index < -0.39 is 0 Å². The molecule has 0 atom stereocenters. The van der Waals surface area contributed by atoms with Gasteiger partial charge < -0.3 is 4.74 Å². The first-order chi connectivity index (χ1) is 10.4. The summed E-state index contributed by atoms with van der Waals surface area (Å²) in [5, 5.41) is 2.31. The van der Waals surface area contributed by atoms with Gasteiger partial charge in [-0.3, -0.25) is 5.43 Å². The van der Waals surface area contributed by atoms with E-state index in [1.165, 1.54) is 77.0 Å². The van der Waals surface area contributed by atoms with Crippen molar-refractivity contribution in [1.29, 1.82) is 0 Å². The Kier molecular flexibility index (Phi) is 13.3. The van der Waals surface area contributed by atoms with Crippen LogP contribution in [-0.4, -0.2) is 37.9 Å². The SMILES string of the molecule is CCCCCCCCCCCCCCNN1CCOCC1. The standard InChI is InChI=1S/C18H38N2O/c1-2-3-4-5-6-7-8-9-10-11-12-13-14-19-20-15-17-21-18-16-20/h19H,2-18H2,1H3. The predicted molar refractivity (Wildman–Crippen MR) is 91.5 cm³/mol. The van der Waals surface area contributed by atoms with Crippen molar-refractivity contribution in [2.75, 3.05) is 32.8 Å². The highest BCUT2D eigenvalue weighted by molar-refractivity contribution is 4.57. The van der Waals surface area contributed by atoms with Crippen LogP contribution in [0.25, 0.3) is 0 Å². The number of hydrogen-bond donors (Lipinski definition) is 1. The summed E-state index contributed by atoms with van der Waals surface area (Å²) in [7, 11) is 0. The van der Waals surface area contributed by atoms with Crippen molar-refractivity contribution >= 4 is 0 Å². The molecule has 1 heterocycles. The van der Waals surface area contributed by atoms with Gasteiger partial charge in [-0.2, -0.15) is 0 Å². The number of hydrazine groups is 1. The van der Waals surface area contributed by atoms with Crippen molar-refractivity contribution in [3.8, 4) is 0 Å². The molecule has 1 fully saturated rings. The van der Waals surface area contributed by atoms with Gasteiger partial charge in [0.2, 0.25) is 0 Å². The van der Waals surface area contributed by atoms with Gasteiger partial charge in [0.1, 0.15) is 0 Å². The molecule has 1 rings (SSSR count). The van der Waals surface area contributed by atoms with Crippen molar-refractivity contribution in [1.82, 2.24) is 10.4 Å². The summed E-state index contributed by atoms with van der Waals surface area (Å²) in [4.78, 5) is 0. The fraction of sp³-hybridized carbons (Fsp3) is 1.00. The summed E-state index contributed by atoms with van der Waals surface area (Å²) in [6, 6.07) is 0. The van der Waals surface area contributed by atoms with Crippen LogP contribution in [0.3, 0.4) is 0 Å². The predicted octanol–water partition coefficient (Wildman–Crippen LogP) is 4.52. The number of ether oxygens (including phenoxy) is 1. The van der Waals surface area contributed by atoms with Gasteiger partial charge >= 0.3 is 0 Å². The molecule has 21 heavy (non-hydrogen) atoms. The minimum absolute atomic E-state index is 0.880. The quantitative estimate of drug-likeness (QED) is 0.477. The zero-order chi connectivity index (χ0) is 15.0. The summed E-state index contributed by atoms with van der Waals surface area (Å²) in [5.41, 5.74) is 3.51. The lowest BCUT2D eigenvalue weighted by Gasteiger charge is -2.27. The molecule has 1 aliphatic rings. The third-order valence-corrected chi connectivity index (χ3v) is 4.38. The second kappa shape index (κ2) is 14.8. The average molecular weight is 299 g/mol. The zero-order valence-corrected chi connectivity index (χ0v) is 14.4. The van der Waals surface area contributed by atoms with Crippen LogP contribution >= 0.6 is 0 Å². The van der Waals surface area contributed by atoms with Crippen LogP contribution in [-0.2, 0) is 4.74 Å². The Morgan fingerprint density at radius 2 is 1.19 bits per heavy atom. The van der Waals surface area contributed by atoms with Gasteiger partial charge in [-0.15, -0.1) is 0 Å². The number of unbranched alkanes of at least 4 members (excludes halogenated alkanes) is 11. The Morgan fingerprint density at radius 1 is 0.714 bits per heavy atom. The largest absolute Gasteiger partial charge is 0.379 e. The first-order valence-corrected chi connectivity index (χ1v) is 9.49. The summed E-state index contributed by atoms with van der Waals surface area (Å²) >= 11 is 0. The van der Waals surface area contributed by atoms with Crippen LogP contribution in [0.2, 0.25) is 0 Å². The van der Waals surface area contributed by atoms with E-state index in [9.17, 15) is 0 Å². The molecule has 0 radical (unpaired) electrons. The molecule has 0 aromatic heterocycles. The molecule has 0 unspecified atom stereocenters. The number of nitrogens with zero attached hydrogens (tertiary/aromatic N) is 1. The highest BCUT2D eigenvalue weighted by Gasteiger charge is 2.08. The van der Waals surface area contributed by atoms with Crippen LogP contribution in [0.15, 0.2) is 0 Å². The fourth-order valence-electron chi connectivity index (χ4n) is 2.92. The van der Waals surface area contributed by atoms with E-state index in [1.54, 1.807) is 0 Å². The van der Waals surface area contributed by atoms with Gasteiger partial charge in [-0.05, 0) is 6.42 Å². The Bertz CT molecular complexity index is 205. The second-order valence-electron chi connectivity index (χ2n) is 6.40. The van der Waals surface area contributed by atoms with Gasteiger partial charge in [0, 0.05) is 19.6 Å². The number of hydrogen-bond acceptors (Lipinski definition) is 3. The maximum atomic E-state index is 5.34. The summed E-state index contributed by atoms with van der Waals surface area (Å²) in [5.74, 6) is 0. The number of nitrogens with one attached hydrogen (secondary N) is 1. The molecular formula is C18H38N2O. The van der Waals surface area contributed by atoms with Gasteiger partial charge in [0.25, 0.3) is 0 Å². The normalized spacial score (nSPS) is 16.4. The van der Waals surface area contributed by atoms with E-state index in [4.69, 9.17) is 4.74 Å². The monoisotopic (exact) mass is 298 g/mol. The van der Waals surface area contributed by atoms with Crippen molar-refractivity contribution < 1.29 is 4.74 Å². The maximum Gasteiger partial charge on any atom is 0.0608 e. The van der Waals surface area contributed by atoms with E-state index in [0.29, 0.717) is 0 Å². The number of morpholine rings is 1. The molecule has 1 N–H and O–H groups in total. The van der Waals surface area contributed by atoms with Crippen LogP contribution in [0, 0.1) is 0 Å². The van der Waals surface area contributed by atoms with Crippen molar-refractivity contribution in [2.24, 2.45) is 0 Å². The zero-order valence-electron chi connectivity index (χ0n) is 14.4. The Balaban J connectivity index is 1.69. The third-order valence-electron chi connectivity index (χ3n) is 4.38. The first kappa shape index (κ1) is 18.9. The molecule has 0 aromatic carbocycles. The highest BCUT2D eigenvalue weighted by atomic mass is 16.5. The lowest BCUT2D eigenvalue weighted by Crippen LogP contribution is -2.45. The number of rotatable bonds is 14. The Hall–Kier alpha value is -0.120. The molecule has 0 spiro atoms.